The number of aliphatic hydroxyl groups is 1. The van der Waals surface area contributed by atoms with Crippen molar-refractivity contribution in [1.29, 1.82) is 0 Å². The Bertz CT molecular complexity index is 395. The maximum Gasteiger partial charge on any atom is 0.118 e. The van der Waals surface area contributed by atoms with E-state index >= 15 is 0 Å². The molecule has 0 unspecified atom stereocenters. The zero-order chi connectivity index (χ0) is 13.0. The molecule has 5 heteroatoms. The molecule has 19 heavy (non-hydrogen) atoms. The van der Waals surface area contributed by atoms with Gasteiger partial charge in [-0.25, -0.2) is 0 Å². The van der Waals surface area contributed by atoms with E-state index in [9.17, 15) is 10.2 Å². The van der Waals surface area contributed by atoms with Crippen LogP contribution in [0.2, 0.25) is 0 Å². The number of rotatable bonds is 4. The molecule has 3 N–H and O–H groups in total. The lowest BCUT2D eigenvalue weighted by molar-refractivity contribution is 0.141. The van der Waals surface area contributed by atoms with Crippen molar-refractivity contribution in [3.63, 3.8) is 0 Å². The van der Waals surface area contributed by atoms with Gasteiger partial charge in [0.25, 0.3) is 0 Å². The van der Waals surface area contributed by atoms with Crippen LogP contribution in [-0.2, 0) is 0 Å². The molecule has 108 valence electrons. The Labute approximate surface area is 120 Å². The third-order valence-corrected chi connectivity index (χ3v) is 3.60. The smallest absolute Gasteiger partial charge is 0.118 e. The van der Waals surface area contributed by atoms with Gasteiger partial charge >= 0.3 is 0 Å². The van der Waals surface area contributed by atoms with E-state index in [0.717, 1.165) is 38.2 Å². The average Bonchev–Trinajstić information content (AvgIpc) is 2.40. The van der Waals surface area contributed by atoms with Gasteiger partial charge in [0.05, 0.1) is 0 Å². The quantitative estimate of drug-likeness (QED) is 0.784. The van der Waals surface area contributed by atoms with Crippen LogP contribution in [0, 0.1) is 6.92 Å². The number of benzene rings is 1. The number of nitrogens with zero attached hydrogens (tertiary/aromatic N) is 1. The molecular weight excluding hydrogens is 264 g/mol. The summed E-state index contributed by atoms with van der Waals surface area (Å²) < 4.78 is 0. The van der Waals surface area contributed by atoms with E-state index in [0.29, 0.717) is 5.75 Å². The molecule has 0 radical (unpaired) electrons. The number of piperazine rings is 1. The van der Waals surface area contributed by atoms with Gasteiger partial charge in [0.15, 0.2) is 0 Å². The van der Waals surface area contributed by atoms with E-state index in [-0.39, 0.29) is 25.1 Å². The fraction of sp³-hybridized carbons (Fsp3) is 0.571. The van der Waals surface area contributed by atoms with Crippen molar-refractivity contribution in [3.8, 4) is 5.75 Å². The van der Waals surface area contributed by atoms with Gasteiger partial charge in [0.2, 0.25) is 0 Å². The Morgan fingerprint density at radius 3 is 2.58 bits per heavy atom. The summed E-state index contributed by atoms with van der Waals surface area (Å²) in [5.41, 5.74) is 2.08. The second kappa shape index (κ2) is 7.70. The van der Waals surface area contributed by atoms with Crippen molar-refractivity contribution >= 4 is 12.4 Å². The zero-order valence-electron chi connectivity index (χ0n) is 11.3. The molecule has 1 aromatic carbocycles. The van der Waals surface area contributed by atoms with Crippen LogP contribution in [0.4, 0.5) is 0 Å². The number of aryl methyl sites for hydroxylation is 1. The second-order valence-corrected chi connectivity index (χ2v) is 4.86. The Hall–Kier alpha value is -0.810. The molecule has 0 saturated carbocycles. The number of halogens is 1. The molecule has 1 heterocycles. The highest BCUT2D eigenvalue weighted by molar-refractivity contribution is 5.85. The highest BCUT2D eigenvalue weighted by Crippen LogP contribution is 2.28. The summed E-state index contributed by atoms with van der Waals surface area (Å²) in [4.78, 5) is 2.40. The SMILES string of the molecule is Cc1cc([C@H](CCO)N2CCNCC2)ccc1O.Cl. The van der Waals surface area contributed by atoms with Crippen molar-refractivity contribution in [2.75, 3.05) is 32.8 Å². The van der Waals surface area contributed by atoms with Gasteiger partial charge < -0.3 is 15.5 Å². The summed E-state index contributed by atoms with van der Waals surface area (Å²) in [7, 11) is 0. The van der Waals surface area contributed by atoms with Crippen molar-refractivity contribution in [1.82, 2.24) is 10.2 Å². The topological polar surface area (TPSA) is 55.7 Å². The molecule has 1 saturated heterocycles. The first kappa shape index (κ1) is 16.2. The van der Waals surface area contributed by atoms with Gasteiger partial charge in [-0.2, -0.15) is 0 Å². The number of aliphatic hydroxyl groups excluding tert-OH is 1. The molecule has 0 aromatic heterocycles. The molecule has 0 amide bonds. The monoisotopic (exact) mass is 286 g/mol. The molecular formula is C14H23ClN2O2. The molecule has 1 aromatic rings. The predicted octanol–water partition coefficient (Wildman–Crippen LogP) is 1.45. The van der Waals surface area contributed by atoms with Gasteiger partial charge in [-0.15, -0.1) is 12.4 Å². The van der Waals surface area contributed by atoms with E-state index in [1.54, 1.807) is 6.07 Å². The van der Waals surface area contributed by atoms with Crippen molar-refractivity contribution in [2.45, 2.75) is 19.4 Å². The van der Waals surface area contributed by atoms with Gasteiger partial charge in [-0.1, -0.05) is 12.1 Å². The van der Waals surface area contributed by atoms with E-state index in [4.69, 9.17) is 0 Å². The van der Waals surface area contributed by atoms with Gasteiger partial charge in [0, 0.05) is 38.8 Å². The number of aromatic hydroxyl groups is 1. The van der Waals surface area contributed by atoms with Crippen molar-refractivity contribution < 1.29 is 10.2 Å². The fourth-order valence-electron chi connectivity index (χ4n) is 2.56. The predicted molar refractivity (Wildman–Crippen MR) is 79.0 cm³/mol. The molecule has 2 rings (SSSR count). The third kappa shape index (κ3) is 4.08. The molecule has 4 nitrogen and oxygen atoms in total. The van der Waals surface area contributed by atoms with Crippen LogP contribution in [-0.4, -0.2) is 47.9 Å². The van der Waals surface area contributed by atoms with Gasteiger partial charge in [0.1, 0.15) is 5.75 Å². The molecule has 1 atom stereocenters. The van der Waals surface area contributed by atoms with E-state index in [1.807, 2.05) is 19.1 Å². The standard InChI is InChI=1S/C14H22N2O2.ClH/c1-11-10-12(2-3-14(11)18)13(4-9-17)16-7-5-15-6-8-16;/h2-3,10,13,15,17-18H,4-9H2,1H3;1H/t13-;/m0./s1. The first-order valence-electron chi connectivity index (χ1n) is 6.57. The summed E-state index contributed by atoms with van der Waals surface area (Å²) in [6, 6.07) is 5.98. The van der Waals surface area contributed by atoms with Crippen LogP contribution < -0.4 is 5.32 Å². The summed E-state index contributed by atoms with van der Waals surface area (Å²) in [5, 5.41) is 22.2. The van der Waals surface area contributed by atoms with Gasteiger partial charge in [-0.3, -0.25) is 4.90 Å². The van der Waals surface area contributed by atoms with Crippen LogP contribution >= 0.6 is 12.4 Å². The molecule has 0 spiro atoms. The normalized spacial score (nSPS) is 17.8. The van der Waals surface area contributed by atoms with E-state index < -0.39 is 0 Å². The number of hydrogen-bond donors (Lipinski definition) is 3. The van der Waals surface area contributed by atoms with E-state index in [2.05, 4.69) is 10.2 Å². The minimum absolute atomic E-state index is 0. The Morgan fingerprint density at radius 2 is 2.00 bits per heavy atom. The van der Waals surface area contributed by atoms with Crippen LogP contribution in [0.25, 0.3) is 0 Å². The number of nitrogens with one attached hydrogen (secondary N) is 1. The van der Waals surface area contributed by atoms with Crippen LogP contribution in [0.1, 0.15) is 23.6 Å². The fourth-order valence-corrected chi connectivity index (χ4v) is 2.56. The Morgan fingerprint density at radius 1 is 1.32 bits per heavy atom. The van der Waals surface area contributed by atoms with Crippen LogP contribution in [0.3, 0.4) is 0 Å². The first-order valence-corrected chi connectivity index (χ1v) is 6.57. The second-order valence-electron chi connectivity index (χ2n) is 4.86. The summed E-state index contributed by atoms with van der Waals surface area (Å²) in [5.74, 6) is 0.335. The third-order valence-electron chi connectivity index (χ3n) is 3.60. The van der Waals surface area contributed by atoms with Crippen molar-refractivity contribution in [2.24, 2.45) is 0 Å². The van der Waals surface area contributed by atoms with Gasteiger partial charge in [-0.05, 0) is 30.5 Å². The summed E-state index contributed by atoms with van der Waals surface area (Å²) >= 11 is 0. The molecule has 0 aliphatic carbocycles. The molecule has 1 fully saturated rings. The maximum atomic E-state index is 9.59. The lowest BCUT2D eigenvalue weighted by Gasteiger charge is -2.35. The molecule has 1 aliphatic rings. The lowest BCUT2D eigenvalue weighted by atomic mass is 9.99. The zero-order valence-corrected chi connectivity index (χ0v) is 12.1. The largest absolute Gasteiger partial charge is 0.508 e. The maximum absolute atomic E-state index is 9.59. The Balaban J connectivity index is 0.00000180. The first-order chi connectivity index (χ1) is 8.72. The number of phenolic OH excluding ortho intramolecular Hbond substituents is 1. The Kier molecular flexibility index (Phi) is 6.58. The molecule has 1 aliphatic heterocycles. The minimum Gasteiger partial charge on any atom is -0.508 e. The van der Waals surface area contributed by atoms with Crippen molar-refractivity contribution in [3.05, 3.63) is 29.3 Å². The lowest BCUT2D eigenvalue weighted by Crippen LogP contribution is -2.45. The number of hydrogen-bond acceptors (Lipinski definition) is 4. The van der Waals surface area contributed by atoms with Crippen LogP contribution in [0.5, 0.6) is 5.75 Å². The highest BCUT2D eigenvalue weighted by atomic mass is 35.5. The number of phenols is 1. The summed E-state index contributed by atoms with van der Waals surface area (Å²) in [6.45, 7) is 6.11. The van der Waals surface area contributed by atoms with E-state index in [1.165, 1.54) is 5.56 Å². The average molecular weight is 287 g/mol. The highest BCUT2D eigenvalue weighted by Gasteiger charge is 2.21. The minimum atomic E-state index is 0. The summed E-state index contributed by atoms with van der Waals surface area (Å²) in [6.07, 6.45) is 0.740. The van der Waals surface area contributed by atoms with Crippen LogP contribution in [0.15, 0.2) is 18.2 Å². The molecule has 0 bridgehead atoms.